The molecule has 2 aliphatic heterocycles. The van der Waals surface area contributed by atoms with Gasteiger partial charge in [0.1, 0.15) is 31.0 Å². The summed E-state index contributed by atoms with van der Waals surface area (Å²) in [5, 5.41) is 60.4. The summed E-state index contributed by atoms with van der Waals surface area (Å²) in [6, 6.07) is 4.94. The predicted octanol–water partition coefficient (Wildman–Crippen LogP) is 0.475. The number of carbonyl (C=O) groups is 2. The summed E-state index contributed by atoms with van der Waals surface area (Å²) < 4.78 is 21.0. The molecule has 1 saturated heterocycles. The van der Waals surface area contributed by atoms with Crippen molar-refractivity contribution in [2.45, 2.75) is 30.5 Å². The van der Waals surface area contributed by atoms with Crippen LogP contribution in [0.15, 0.2) is 30.3 Å². The third kappa shape index (κ3) is 4.41. The summed E-state index contributed by atoms with van der Waals surface area (Å²) >= 11 is 0. The molecule has 0 bridgehead atoms. The minimum Gasteiger partial charge on any atom is -0.504 e. The topological polar surface area (TPSA) is 192 Å². The Morgan fingerprint density at radius 3 is 2.49 bits per heavy atom. The van der Waals surface area contributed by atoms with Crippen molar-refractivity contribution in [3.8, 4) is 28.7 Å². The van der Waals surface area contributed by atoms with Crippen LogP contribution in [0, 0.1) is 0 Å². The lowest BCUT2D eigenvalue weighted by molar-refractivity contribution is -0.237. The number of fused-ring (bicyclic) bond motifs is 3. The lowest BCUT2D eigenvalue weighted by Gasteiger charge is -2.44. The molecule has 0 amide bonds. The van der Waals surface area contributed by atoms with Crippen LogP contribution in [-0.4, -0.2) is 80.7 Å². The van der Waals surface area contributed by atoms with Crippen molar-refractivity contribution in [2.75, 3.05) is 13.7 Å². The molecule has 6 N–H and O–H groups in total. The monoisotopic (exact) mass is 490 g/mol. The van der Waals surface area contributed by atoms with Gasteiger partial charge in [-0.05, 0) is 29.8 Å². The molecule has 0 aromatic heterocycles. The maximum Gasteiger partial charge on any atom is 0.339 e. The van der Waals surface area contributed by atoms with Gasteiger partial charge in [-0.15, -0.1) is 0 Å². The zero-order valence-corrected chi connectivity index (χ0v) is 18.2. The zero-order valence-electron chi connectivity index (χ0n) is 18.2. The summed E-state index contributed by atoms with van der Waals surface area (Å²) in [5.74, 6) is -3.93. The quantitative estimate of drug-likeness (QED) is 0.193. The van der Waals surface area contributed by atoms with E-state index in [2.05, 4.69) is 0 Å². The van der Waals surface area contributed by atoms with E-state index in [-0.39, 0.29) is 28.4 Å². The molecule has 5 atom stereocenters. The van der Waals surface area contributed by atoms with Crippen molar-refractivity contribution in [2.24, 2.45) is 0 Å². The van der Waals surface area contributed by atoms with E-state index in [9.17, 15) is 40.2 Å². The molecule has 186 valence electrons. The van der Waals surface area contributed by atoms with Crippen LogP contribution < -0.4 is 4.74 Å². The molecule has 2 heterocycles. The van der Waals surface area contributed by atoms with Crippen molar-refractivity contribution in [3.05, 3.63) is 47.0 Å². The van der Waals surface area contributed by atoms with Gasteiger partial charge in [0.25, 0.3) is 0 Å². The van der Waals surface area contributed by atoms with Crippen LogP contribution >= 0.6 is 0 Å². The molecule has 2 aromatic carbocycles. The summed E-state index contributed by atoms with van der Waals surface area (Å²) in [4.78, 5) is 24.5. The second kappa shape index (κ2) is 9.33. The molecule has 0 radical (unpaired) electrons. The summed E-state index contributed by atoms with van der Waals surface area (Å²) in [7, 11) is 1.19. The predicted molar refractivity (Wildman–Crippen MR) is 115 cm³/mol. The number of aromatic hydroxyl groups is 4. The number of aliphatic hydroxyl groups excluding tert-OH is 2. The van der Waals surface area contributed by atoms with E-state index in [1.54, 1.807) is 0 Å². The highest BCUT2D eigenvalue weighted by Gasteiger charge is 2.52. The van der Waals surface area contributed by atoms with E-state index >= 15 is 0 Å². The van der Waals surface area contributed by atoms with Gasteiger partial charge in [0.05, 0.1) is 12.7 Å². The minimum atomic E-state index is -1.65. The molecule has 4 rings (SSSR count). The number of ether oxygens (including phenoxy) is 4. The van der Waals surface area contributed by atoms with E-state index in [0.717, 1.165) is 12.1 Å². The molecule has 2 aromatic rings. The molecule has 12 nitrogen and oxygen atoms in total. The van der Waals surface area contributed by atoms with Gasteiger partial charge in [-0.1, -0.05) is 6.07 Å². The van der Waals surface area contributed by atoms with Crippen LogP contribution in [0.4, 0.5) is 0 Å². The third-order valence-corrected chi connectivity index (χ3v) is 5.71. The van der Waals surface area contributed by atoms with Crippen LogP contribution in [0.5, 0.6) is 28.7 Å². The number of rotatable bonds is 5. The number of carbonyl (C=O) groups excluding carboxylic acids is 2. The number of phenolic OH excluding ortho intramolecular Hbond substituents is 4. The highest BCUT2D eigenvalue weighted by Crippen LogP contribution is 2.49. The zero-order chi connectivity index (χ0) is 25.4. The van der Waals surface area contributed by atoms with E-state index in [0.29, 0.717) is 5.56 Å². The van der Waals surface area contributed by atoms with E-state index in [4.69, 9.17) is 18.9 Å². The number of phenols is 4. The van der Waals surface area contributed by atoms with Gasteiger partial charge in [-0.3, -0.25) is 0 Å². The average Bonchev–Trinajstić information content (AvgIpc) is 2.82. The number of esters is 2. The molecular weight excluding hydrogens is 468 g/mol. The Bertz CT molecular complexity index is 1190. The molecule has 0 aliphatic carbocycles. The Hall–Kier alpha value is -4.00. The number of aliphatic hydroxyl groups is 2. The highest BCUT2D eigenvalue weighted by atomic mass is 16.6. The Morgan fingerprint density at radius 1 is 1.06 bits per heavy atom. The Morgan fingerprint density at radius 2 is 1.80 bits per heavy atom. The third-order valence-electron chi connectivity index (χ3n) is 5.71. The molecule has 35 heavy (non-hydrogen) atoms. The second-order valence-electron chi connectivity index (χ2n) is 7.90. The smallest absolute Gasteiger partial charge is 0.339 e. The van der Waals surface area contributed by atoms with Gasteiger partial charge in [0, 0.05) is 11.6 Å². The standard InChI is InChI=1S/C23H22O12/c1-32-20-13(26)7-10-16(18(20)29)21-22(35-23(10)31)19(30)17(28)14(34-21)8-33-15(27)5-3-9-2-4-11(24)12(25)6-9/h2-7,14,17,19,21-22,24-26,28-30H,8H2,1H3/b5-3+/t14-,17-,19+,21+,22-/m0/s1. The van der Waals surface area contributed by atoms with Gasteiger partial charge in [0.15, 0.2) is 29.1 Å². The first-order valence-corrected chi connectivity index (χ1v) is 10.3. The van der Waals surface area contributed by atoms with Crippen molar-refractivity contribution in [1.29, 1.82) is 0 Å². The fourth-order valence-electron chi connectivity index (χ4n) is 3.96. The van der Waals surface area contributed by atoms with Gasteiger partial charge < -0.3 is 49.6 Å². The van der Waals surface area contributed by atoms with Crippen LogP contribution in [-0.2, 0) is 19.0 Å². The Balaban J connectivity index is 1.52. The maximum absolute atomic E-state index is 12.4. The number of methoxy groups -OCH3 is 1. The lowest BCUT2D eigenvalue weighted by Crippen LogP contribution is -2.58. The number of hydrogen-bond donors (Lipinski definition) is 6. The Labute approximate surface area is 197 Å². The molecule has 2 aliphatic rings. The molecule has 12 heteroatoms. The van der Waals surface area contributed by atoms with Crippen molar-refractivity contribution in [1.82, 2.24) is 0 Å². The lowest BCUT2D eigenvalue weighted by atomic mass is 9.86. The number of benzene rings is 2. The molecule has 0 unspecified atom stereocenters. The summed E-state index contributed by atoms with van der Waals surface area (Å²) in [6.45, 7) is -0.509. The first-order valence-electron chi connectivity index (χ1n) is 10.3. The first-order chi connectivity index (χ1) is 16.6. The first kappa shape index (κ1) is 24.1. The second-order valence-corrected chi connectivity index (χ2v) is 7.90. The van der Waals surface area contributed by atoms with Crippen LogP contribution in [0.3, 0.4) is 0 Å². The van der Waals surface area contributed by atoms with E-state index in [1.165, 1.54) is 31.4 Å². The van der Waals surface area contributed by atoms with Crippen LogP contribution in [0.1, 0.15) is 27.6 Å². The van der Waals surface area contributed by atoms with Crippen LogP contribution in [0.2, 0.25) is 0 Å². The summed E-state index contributed by atoms with van der Waals surface area (Å²) in [5.41, 5.74) is 0.0643. The molecule has 0 saturated carbocycles. The molecule has 0 spiro atoms. The van der Waals surface area contributed by atoms with Gasteiger partial charge in [0.2, 0.25) is 5.75 Å². The normalized spacial score (nSPS) is 25.5. The minimum absolute atomic E-state index is 0.116. The van der Waals surface area contributed by atoms with Crippen molar-refractivity contribution < 1.29 is 59.2 Å². The largest absolute Gasteiger partial charge is 0.504 e. The molecular formula is C23H22O12. The van der Waals surface area contributed by atoms with Gasteiger partial charge in [-0.2, -0.15) is 0 Å². The fourth-order valence-corrected chi connectivity index (χ4v) is 3.96. The average molecular weight is 490 g/mol. The number of hydrogen-bond acceptors (Lipinski definition) is 12. The van der Waals surface area contributed by atoms with Crippen molar-refractivity contribution >= 4 is 18.0 Å². The van der Waals surface area contributed by atoms with Crippen LogP contribution in [0.25, 0.3) is 6.08 Å². The maximum atomic E-state index is 12.4. The Kier molecular flexibility index (Phi) is 6.43. The highest BCUT2D eigenvalue weighted by molar-refractivity contribution is 5.95. The fraction of sp³-hybridized carbons (Fsp3) is 0.304. The van der Waals surface area contributed by atoms with Gasteiger partial charge >= 0.3 is 11.9 Å². The summed E-state index contributed by atoms with van der Waals surface area (Å²) in [6.07, 6.45) is -4.84. The van der Waals surface area contributed by atoms with Gasteiger partial charge in [-0.25, -0.2) is 9.59 Å². The van der Waals surface area contributed by atoms with Crippen molar-refractivity contribution in [3.63, 3.8) is 0 Å². The SMILES string of the molecule is COc1c(O)cc2c(c1O)[C@H]1O[C@@H](COC(=O)/C=C/c3ccc(O)c(O)c3)[C@H](O)[C@@H](O)[C@@H]1OC2=O. The molecule has 1 fully saturated rings. The van der Waals surface area contributed by atoms with E-state index in [1.807, 2.05) is 0 Å². The van der Waals surface area contributed by atoms with E-state index < -0.39 is 60.6 Å².